The van der Waals surface area contributed by atoms with Gasteiger partial charge in [-0.05, 0) is 68.7 Å². The Morgan fingerprint density at radius 3 is 2.87 bits per heavy atom. The summed E-state index contributed by atoms with van der Waals surface area (Å²) < 4.78 is 12.0. The van der Waals surface area contributed by atoms with Gasteiger partial charge in [0.15, 0.2) is 0 Å². The SMILES string of the molecule is C[C@H]1CCC/C=C/[C@@H]2C[C@H](O)C[C@H]2[C@H](OC(=O)/C=C/c2ccccc2Br)C=CC(=O)O1. The third-order valence-corrected chi connectivity index (χ3v) is 6.44. The van der Waals surface area contributed by atoms with Gasteiger partial charge in [-0.25, -0.2) is 9.59 Å². The molecule has 0 saturated heterocycles. The third kappa shape index (κ3) is 7.18. The monoisotopic (exact) mass is 488 g/mol. The molecule has 1 aliphatic carbocycles. The van der Waals surface area contributed by atoms with E-state index in [9.17, 15) is 14.7 Å². The van der Waals surface area contributed by atoms with Crippen molar-refractivity contribution in [3.63, 3.8) is 0 Å². The molecule has 6 heteroatoms. The minimum absolute atomic E-state index is 0.0823. The number of carbonyl (C=O) groups excluding carboxylic acids is 2. The largest absolute Gasteiger partial charge is 0.460 e. The van der Waals surface area contributed by atoms with E-state index in [1.807, 2.05) is 31.2 Å². The molecule has 0 spiro atoms. The van der Waals surface area contributed by atoms with Crippen molar-refractivity contribution in [1.82, 2.24) is 0 Å². The van der Waals surface area contributed by atoms with Gasteiger partial charge >= 0.3 is 11.9 Å². The third-order valence-electron chi connectivity index (χ3n) is 5.72. The number of benzene rings is 1. The normalized spacial score (nSPS) is 30.5. The van der Waals surface area contributed by atoms with Crippen molar-refractivity contribution in [2.75, 3.05) is 0 Å². The Hall–Kier alpha value is -2.18. The van der Waals surface area contributed by atoms with Crippen LogP contribution in [0.3, 0.4) is 0 Å². The molecule has 1 fully saturated rings. The van der Waals surface area contributed by atoms with Crippen molar-refractivity contribution in [2.45, 2.75) is 57.3 Å². The van der Waals surface area contributed by atoms with Crippen LogP contribution >= 0.6 is 15.9 Å². The first kappa shape index (κ1) is 23.5. The van der Waals surface area contributed by atoms with Gasteiger partial charge in [-0.2, -0.15) is 0 Å². The van der Waals surface area contributed by atoms with E-state index >= 15 is 0 Å². The summed E-state index contributed by atoms with van der Waals surface area (Å²) in [6, 6.07) is 7.57. The number of allylic oxidation sites excluding steroid dienone is 2. The number of halogens is 1. The van der Waals surface area contributed by atoms with Crippen LogP contribution in [0.1, 0.15) is 44.6 Å². The van der Waals surface area contributed by atoms with Crippen LogP contribution in [0.5, 0.6) is 0 Å². The molecular formula is C25H29BrO5. The van der Waals surface area contributed by atoms with Crippen molar-refractivity contribution in [3.05, 3.63) is 64.7 Å². The predicted octanol–water partition coefficient (Wildman–Crippen LogP) is 4.99. The first-order valence-electron chi connectivity index (χ1n) is 10.8. The molecule has 31 heavy (non-hydrogen) atoms. The van der Waals surface area contributed by atoms with E-state index < -0.39 is 24.1 Å². The summed E-state index contributed by atoms with van der Waals surface area (Å²) in [7, 11) is 0. The van der Waals surface area contributed by atoms with E-state index in [4.69, 9.17) is 9.47 Å². The molecule has 1 N–H and O–H groups in total. The van der Waals surface area contributed by atoms with Gasteiger partial charge in [0.1, 0.15) is 6.10 Å². The second kappa shape index (κ2) is 11.4. The first-order valence-corrected chi connectivity index (χ1v) is 11.6. The lowest BCUT2D eigenvalue weighted by Gasteiger charge is -2.24. The van der Waals surface area contributed by atoms with Crippen molar-refractivity contribution in [1.29, 1.82) is 0 Å². The molecule has 0 bridgehead atoms. The van der Waals surface area contributed by atoms with E-state index in [0.29, 0.717) is 12.8 Å². The number of cyclic esters (lactones) is 1. The summed E-state index contributed by atoms with van der Waals surface area (Å²) in [6.45, 7) is 1.88. The van der Waals surface area contributed by atoms with Crippen molar-refractivity contribution < 1.29 is 24.2 Å². The fourth-order valence-corrected chi connectivity index (χ4v) is 4.57. The van der Waals surface area contributed by atoms with Crippen LogP contribution in [0.2, 0.25) is 0 Å². The lowest BCUT2D eigenvalue weighted by Crippen LogP contribution is -2.27. The van der Waals surface area contributed by atoms with Gasteiger partial charge in [-0.15, -0.1) is 0 Å². The molecule has 1 aromatic carbocycles. The number of hydrogen-bond acceptors (Lipinski definition) is 5. The van der Waals surface area contributed by atoms with Gasteiger partial charge in [0.05, 0.1) is 12.2 Å². The Bertz CT molecular complexity index is 859. The maximum Gasteiger partial charge on any atom is 0.331 e. The van der Waals surface area contributed by atoms with E-state index in [1.165, 1.54) is 12.2 Å². The summed E-state index contributed by atoms with van der Waals surface area (Å²) in [6.07, 6.45) is 12.7. The quantitative estimate of drug-likeness (QED) is 0.368. The van der Waals surface area contributed by atoms with E-state index in [2.05, 4.69) is 28.1 Å². The molecule has 0 radical (unpaired) electrons. The van der Waals surface area contributed by atoms with Crippen molar-refractivity contribution in [2.24, 2.45) is 11.8 Å². The summed E-state index contributed by atoms with van der Waals surface area (Å²) in [4.78, 5) is 24.8. The molecule has 1 heterocycles. The average Bonchev–Trinajstić information content (AvgIpc) is 3.10. The molecule has 5 atom stereocenters. The Morgan fingerprint density at radius 1 is 1.26 bits per heavy atom. The van der Waals surface area contributed by atoms with Gasteiger partial charge in [0.2, 0.25) is 0 Å². The number of fused-ring (bicyclic) bond motifs is 1. The molecule has 166 valence electrons. The van der Waals surface area contributed by atoms with E-state index in [0.717, 1.165) is 29.3 Å². The summed E-state index contributed by atoms with van der Waals surface area (Å²) >= 11 is 3.45. The zero-order chi connectivity index (χ0) is 22.2. The summed E-state index contributed by atoms with van der Waals surface area (Å²) in [5, 5.41) is 10.3. The number of aliphatic hydroxyl groups excluding tert-OH is 1. The van der Waals surface area contributed by atoms with Crippen LogP contribution in [0.4, 0.5) is 0 Å². The highest BCUT2D eigenvalue weighted by Crippen LogP contribution is 2.37. The molecule has 5 nitrogen and oxygen atoms in total. The van der Waals surface area contributed by atoms with E-state index in [1.54, 1.807) is 12.2 Å². The Kier molecular flexibility index (Phi) is 8.67. The maximum atomic E-state index is 12.6. The van der Waals surface area contributed by atoms with E-state index in [-0.39, 0.29) is 17.9 Å². The minimum atomic E-state index is -0.633. The highest BCUT2D eigenvalue weighted by Gasteiger charge is 2.38. The number of ether oxygens (including phenoxy) is 2. The Morgan fingerprint density at radius 2 is 2.06 bits per heavy atom. The molecule has 0 amide bonds. The van der Waals surface area contributed by atoms with Gasteiger partial charge in [-0.1, -0.05) is 46.3 Å². The number of esters is 2. The molecule has 0 aromatic heterocycles. The van der Waals surface area contributed by atoms with Crippen LogP contribution in [-0.2, 0) is 19.1 Å². The number of hydrogen-bond donors (Lipinski definition) is 1. The Labute approximate surface area is 191 Å². The molecule has 0 unspecified atom stereocenters. The fourth-order valence-electron chi connectivity index (χ4n) is 4.15. The molecular weight excluding hydrogens is 460 g/mol. The summed E-state index contributed by atoms with van der Waals surface area (Å²) in [5.41, 5.74) is 0.861. The van der Waals surface area contributed by atoms with Crippen LogP contribution in [0, 0.1) is 11.8 Å². The molecule has 1 aliphatic heterocycles. The predicted molar refractivity (Wildman–Crippen MR) is 123 cm³/mol. The number of aliphatic hydroxyl groups is 1. The summed E-state index contributed by atoms with van der Waals surface area (Å²) in [5.74, 6) is -0.964. The second-order valence-electron chi connectivity index (χ2n) is 8.17. The van der Waals surface area contributed by atoms with Crippen molar-refractivity contribution in [3.8, 4) is 0 Å². The second-order valence-corrected chi connectivity index (χ2v) is 9.03. The van der Waals surface area contributed by atoms with Gasteiger partial charge in [0.25, 0.3) is 0 Å². The van der Waals surface area contributed by atoms with Crippen LogP contribution in [-0.4, -0.2) is 35.4 Å². The maximum absolute atomic E-state index is 12.6. The highest BCUT2D eigenvalue weighted by molar-refractivity contribution is 9.10. The standard InChI is InChI=1S/C25H29BrO5/c1-17-7-3-2-4-9-19-15-20(27)16-21(19)23(12-14-24(28)30-17)31-25(29)13-11-18-8-5-6-10-22(18)26/h4-6,8-14,17,19-21,23,27H,2-3,7,15-16H2,1H3/b9-4+,13-11+,14-12?/t17-,19+,20-,21+,23+/m0/s1. The fraction of sp³-hybridized carbons (Fsp3) is 0.440. The molecule has 1 saturated carbocycles. The molecule has 3 rings (SSSR count). The van der Waals surface area contributed by atoms with Gasteiger partial charge in [0, 0.05) is 22.5 Å². The number of carbonyl (C=O) groups is 2. The average molecular weight is 489 g/mol. The zero-order valence-electron chi connectivity index (χ0n) is 17.7. The molecule has 1 aromatic rings. The van der Waals surface area contributed by atoms with Crippen LogP contribution in [0.25, 0.3) is 6.08 Å². The van der Waals surface area contributed by atoms with Crippen molar-refractivity contribution >= 4 is 33.9 Å². The zero-order valence-corrected chi connectivity index (χ0v) is 19.2. The highest BCUT2D eigenvalue weighted by atomic mass is 79.9. The topological polar surface area (TPSA) is 72.8 Å². The van der Waals surface area contributed by atoms with Crippen LogP contribution < -0.4 is 0 Å². The first-order chi connectivity index (χ1) is 14.9. The number of rotatable bonds is 3. The lowest BCUT2D eigenvalue weighted by molar-refractivity contribution is -0.145. The van der Waals surface area contributed by atoms with Crippen LogP contribution in [0.15, 0.2) is 59.1 Å². The van der Waals surface area contributed by atoms with Gasteiger partial charge < -0.3 is 14.6 Å². The molecule has 2 aliphatic rings. The Balaban J connectivity index is 1.79. The van der Waals surface area contributed by atoms with Gasteiger partial charge in [-0.3, -0.25) is 0 Å². The smallest absolute Gasteiger partial charge is 0.331 e. The lowest BCUT2D eigenvalue weighted by atomic mass is 9.89. The minimum Gasteiger partial charge on any atom is -0.460 e.